The summed E-state index contributed by atoms with van der Waals surface area (Å²) in [5, 5.41) is 3.68. The van der Waals surface area contributed by atoms with Crippen LogP contribution in [0, 0.1) is 18.7 Å². The van der Waals surface area contributed by atoms with Crippen LogP contribution in [0.25, 0.3) is 0 Å². The molecule has 1 nitrogen and oxygen atoms in total. The van der Waals surface area contributed by atoms with Gasteiger partial charge in [0.25, 0.3) is 0 Å². The summed E-state index contributed by atoms with van der Waals surface area (Å²) < 4.78 is 13.0. The molecule has 0 amide bonds. The lowest BCUT2D eigenvalue weighted by Gasteiger charge is -2.18. The molecule has 0 aromatic heterocycles. The fourth-order valence-electron chi connectivity index (χ4n) is 2.78. The fraction of sp³-hybridized carbons (Fsp3) is 0.647. The molecule has 1 fully saturated rings. The summed E-state index contributed by atoms with van der Waals surface area (Å²) in [6.45, 7) is 5.36. The van der Waals surface area contributed by atoms with Gasteiger partial charge in [0, 0.05) is 6.04 Å². The number of halogens is 1. The normalized spacial score (nSPS) is 16.6. The van der Waals surface area contributed by atoms with E-state index >= 15 is 0 Å². The number of nitrogens with one attached hydrogen (secondary N) is 1. The second-order valence-electron chi connectivity index (χ2n) is 5.86. The van der Waals surface area contributed by atoms with Gasteiger partial charge in [0.15, 0.2) is 0 Å². The lowest BCUT2D eigenvalue weighted by atomic mass is 9.99. The van der Waals surface area contributed by atoms with E-state index in [1.807, 2.05) is 13.0 Å². The molecule has 0 saturated heterocycles. The molecule has 106 valence electrons. The highest BCUT2D eigenvalue weighted by atomic mass is 19.1. The van der Waals surface area contributed by atoms with Gasteiger partial charge in [0.2, 0.25) is 0 Å². The zero-order valence-electron chi connectivity index (χ0n) is 12.2. The molecule has 0 heterocycles. The lowest BCUT2D eigenvalue weighted by Crippen LogP contribution is -2.31. The monoisotopic (exact) mass is 263 g/mol. The van der Waals surface area contributed by atoms with Gasteiger partial charge in [-0.3, -0.25) is 0 Å². The molecule has 1 saturated carbocycles. The molecule has 1 aromatic carbocycles. The van der Waals surface area contributed by atoms with Crippen LogP contribution in [-0.4, -0.2) is 12.6 Å². The van der Waals surface area contributed by atoms with Gasteiger partial charge >= 0.3 is 0 Å². The minimum atomic E-state index is -0.123. The Kier molecular flexibility index (Phi) is 5.38. The number of aryl methyl sites for hydroxylation is 2. The van der Waals surface area contributed by atoms with Crippen LogP contribution in [0.4, 0.5) is 4.39 Å². The highest BCUT2D eigenvalue weighted by Gasteiger charge is 2.29. The van der Waals surface area contributed by atoms with Crippen molar-refractivity contribution in [2.75, 3.05) is 6.54 Å². The van der Waals surface area contributed by atoms with Crippen molar-refractivity contribution in [1.29, 1.82) is 0 Å². The molecule has 0 radical (unpaired) electrons. The first-order valence-electron chi connectivity index (χ1n) is 7.69. The summed E-state index contributed by atoms with van der Waals surface area (Å²) in [5.41, 5.74) is 2.39. The van der Waals surface area contributed by atoms with Gasteiger partial charge < -0.3 is 5.32 Å². The van der Waals surface area contributed by atoms with Crippen molar-refractivity contribution in [2.24, 2.45) is 5.92 Å². The van der Waals surface area contributed by atoms with E-state index in [9.17, 15) is 4.39 Å². The van der Waals surface area contributed by atoms with Crippen molar-refractivity contribution in [3.63, 3.8) is 0 Å². The second kappa shape index (κ2) is 7.04. The van der Waals surface area contributed by atoms with E-state index in [4.69, 9.17) is 0 Å². The van der Waals surface area contributed by atoms with Crippen LogP contribution in [-0.2, 0) is 6.42 Å². The number of hydrogen-bond acceptors (Lipinski definition) is 1. The zero-order chi connectivity index (χ0) is 13.7. The van der Waals surface area contributed by atoms with E-state index in [2.05, 4.69) is 12.2 Å². The summed E-state index contributed by atoms with van der Waals surface area (Å²) in [4.78, 5) is 0. The highest BCUT2D eigenvalue weighted by molar-refractivity contribution is 5.26. The summed E-state index contributed by atoms with van der Waals surface area (Å²) in [5.74, 6) is 0.794. The molecular formula is C17H26FN. The minimum Gasteiger partial charge on any atom is -0.314 e. The van der Waals surface area contributed by atoms with E-state index < -0.39 is 0 Å². The van der Waals surface area contributed by atoms with Crippen molar-refractivity contribution < 1.29 is 4.39 Å². The Balaban J connectivity index is 1.77. The molecule has 0 bridgehead atoms. The highest BCUT2D eigenvalue weighted by Crippen LogP contribution is 2.34. The molecule has 2 heteroatoms. The second-order valence-corrected chi connectivity index (χ2v) is 5.86. The molecule has 1 N–H and O–H groups in total. The molecule has 1 aliphatic rings. The number of hydrogen-bond donors (Lipinski definition) is 1. The summed E-state index contributed by atoms with van der Waals surface area (Å²) in [6, 6.07) is 5.87. The lowest BCUT2D eigenvalue weighted by molar-refractivity contribution is 0.425. The Bertz CT molecular complexity index is 398. The van der Waals surface area contributed by atoms with Gasteiger partial charge in [-0.2, -0.15) is 0 Å². The van der Waals surface area contributed by atoms with Crippen molar-refractivity contribution in [3.8, 4) is 0 Å². The Hall–Kier alpha value is -0.890. The maximum Gasteiger partial charge on any atom is 0.123 e. The van der Waals surface area contributed by atoms with Gasteiger partial charge in [-0.25, -0.2) is 4.39 Å². The van der Waals surface area contributed by atoms with Crippen molar-refractivity contribution >= 4 is 0 Å². The first kappa shape index (κ1) is 14.5. The van der Waals surface area contributed by atoms with Crippen LogP contribution in [0.2, 0.25) is 0 Å². The average Bonchev–Trinajstić information content (AvgIpc) is 3.20. The van der Waals surface area contributed by atoms with Crippen LogP contribution in [0.15, 0.2) is 18.2 Å². The van der Waals surface area contributed by atoms with Crippen LogP contribution >= 0.6 is 0 Å². The van der Waals surface area contributed by atoms with Crippen molar-refractivity contribution in [3.05, 3.63) is 35.1 Å². The molecule has 19 heavy (non-hydrogen) atoms. The first-order valence-corrected chi connectivity index (χ1v) is 7.69. The summed E-state index contributed by atoms with van der Waals surface area (Å²) in [7, 11) is 0. The third-order valence-corrected chi connectivity index (χ3v) is 4.11. The van der Waals surface area contributed by atoms with E-state index in [0.717, 1.165) is 24.4 Å². The van der Waals surface area contributed by atoms with Crippen molar-refractivity contribution in [2.45, 2.75) is 58.4 Å². The smallest absolute Gasteiger partial charge is 0.123 e. The molecule has 1 aromatic rings. The van der Waals surface area contributed by atoms with E-state index in [1.54, 1.807) is 12.1 Å². The molecule has 1 unspecified atom stereocenters. The fourth-order valence-corrected chi connectivity index (χ4v) is 2.78. The largest absolute Gasteiger partial charge is 0.314 e. The summed E-state index contributed by atoms with van der Waals surface area (Å²) >= 11 is 0. The third-order valence-electron chi connectivity index (χ3n) is 4.11. The van der Waals surface area contributed by atoms with Gasteiger partial charge in [-0.15, -0.1) is 0 Å². The van der Waals surface area contributed by atoms with E-state index in [1.165, 1.54) is 37.7 Å². The van der Waals surface area contributed by atoms with E-state index in [-0.39, 0.29) is 5.82 Å². The van der Waals surface area contributed by atoms with E-state index in [0.29, 0.717) is 6.04 Å². The topological polar surface area (TPSA) is 12.0 Å². The third kappa shape index (κ3) is 4.61. The summed E-state index contributed by atoms with van der Waals surface area (Å²) in [6.07, 6.45) is 7.53. The van der Waals surface area contributed by atoms with Gasteiger partial charge in [0.05, 0.1) is 0 Å². The van der Waals surface area contributed by atoms with Gasteiger partial charge in [-0.05, 0) is 81.2 Å². The molecule has 1 atom stereocenters. The van der Waals surface area contributed by atoms with Gasteiger partial charge in [0.1, 0.15) is 5.82 Å². The Morgan fingerprint density at radius 1 is 1.37 bits per heavy atom. The maximum atomic E-state index is 13.0. The molecule has 0 spiro atoms. The van der Waals surface area contributed by atoms with Crippen molar-refractivity contribution in [1.82, 2.24) is 5.32 Å². The van der Waals surface area contributed by atoms with Gasteiger partial charge in [-0.1, -0.05) is 13.0 Å². The number of benzene rings is 1. The zero-order valence-corrected chi connectivity index (χ0v) is 12.2. The Labute approximate surface area is 116 Å². The first-order chi connectivity index (χ1) is 9.20. The molecule has 1 aliphatic carbocycles. The minimum absolute atomic E-state index is 0.123. The van der Waals surface area contributed by atoms with Crippen LogP contribution in [0.3, 0.4) is 0 Å². The molecule has 2 rings (SSSR count). The molecule has 0 aliphatic heterocycles. The average molecular weight is 263 g/mol. The van der Waals surface area contributed by atoms with Crippen LogP contribution < -0.4 is 5.32 Å². The number of rotatable bonds is 8. The Morgan fingerprint density at radius 2 is 2.16 bits per heavy atom. The van der Waals surface area contributed by atoms with Crippen LogP contribution in [0.1, 0.15) is 50.2 Å². The maximum absolute atomic E-state index is 13.0. The SMILES string of the molecule is CCCNC(CCCc1ccc(F)cc1C)C1CC1. The standard InChI is InChI=1S/C17H26FN/c1-3-11-19-17(15-7-8-15)6-4-5-14-9-10-16(18)12-13(14)2/h9-10,12,15,17,19H,3-8,11H2,1-2H3. The molecular weight excluding hydrogens is 237 g/mol. The quantitative estimate of drug-likeness (QED) is 0.740. The predicted molar refractivity (Wildman–Crippen MR) is 78.9 cm³/mol. The predicted octanol–water partition coefficient (Wildman–Crippen LogP) is 4.24. The van der Waals surface area contributed by atoms with Crippen LogP contribution in [0.5, 0.6) is 0 Å². The Morgan fingerprint density at radius 3 is 2.79 bits per heavy atom.